The largest absolute Gasteiger partial charge is 0.350 e. The van der Waals surface area contributed by atoms with Crippen LogP contribution in [0.3, 0.4) is 0 Å². The molecule has 0 radical (unpaired) electrons. The Morgan fingerprint density at radius 1 is 1.20 bits per heavy atom. The van der Waals surface area contributed by atoms with Gasteiger partial charge in [-0.05, 0) is 19.1 Å². The summed E-state index contributed by atoms with van der Waals surface area (Å²) in [4.78, 5) is 22.2. The molecule has 1 aromatic carbocycles. The minimum atomic E-state index is -0.808. The Bertz CT molecular complexity index is 575. The average molecular weight is 338 g/mol. The van der Waals surface area contributed by atoms with Gasteiger partial charge in [0.2, 0.25) is 5.91 Å². The SMILES string of the molecule is CC(CC(=O)Nc1cc(Cl)c(Cl)cc1Cl)=NNC(N)=O. The molecule has 3 amide bonds. The number of amides is 3. The van der Waals surface area contributed by atoms with Crippen LogP contribution in [0.15, 0.2) is 17.2 Å². The van der Waals surface area contributed by atoms with Gasteiger partial charge in [0.25, 0.3) is 0 Å². The second-order valence-corrected chi connectivity index (χ2v) is 5.02. The number of primary amides is 1. The van der Waals surface area contributed by atoms with Crippen molar-refractivity contribution in [2.24, 2.45) is 10.8 Å². The zero-order valence-corrected chi connectivity index (χ0v) is 12.6. The summed E-state index contributed by atoms with van der Waals surface area (Å²) in [7, 11) is 0. The number of benzene rings is 1. The molecule has 0 aromatic heterocycles. The van der Waals surface area contributed by atoms with Gasteiger partial charge in [0.15, 0.2) is 0 Å². The summed E-state index contributed by atoms with van der Waals surface area (Å²) < 4.78 is 0. The second kappa shape index (κ2) is 7.33. The van der Waals surface area contributed by atoms with Gasteiger partial charge in [0, 0.05) is 5.71 Å². The predicted molar refractivity (Wildman–Crippen MR) is 80.5 cm³/mol. The van der Waals surface area contributed by atoms with E-state index in [0.717, 1.165) is 0 Å². The maximum Gasteiger partial charge on any atom is 0.332 e. The summed E-state index contributed by atoms with van der Waals surface area (Å²) in [5.74, 6) is -0.377. The molecule has 108 valence electrons. The number of halogens is 3. The van der Waals surface area contributed by atoms with Crippen LogP contribution in [-0.2, 0) is 4.79 Å². The van der Waals surface area contributed by atoms with Crippen molar-refractivity contribution < 1.29 is 9.59 Å². The molecule has 9 heteroatoms. The Hall–Kier alpha value is -1.50. The lowest BCUT2D eigenvalue weighted by Crippen LogP contribution is -2.26. The highest BCUT2D eigenvalue weighted by Gasteiger charge is 2.10. The molecule has 0 saturated carbocycles. The average Bonchev–Trinajstić information content (AvgIpc) is 2.33. The first-order chi connectivity index (χ1) is 9.29. The number of urea groups is 1. The number of hydrazone groups is 1. The van der Waals surface area contributed by atoms with Gasteiger partial charge in [0.05, 0.1) is 27.2 Å². The fourth-order valence-corrected chi connectivity index (χ4v) is 1.83. The monoisotopic (exact) mass is 336 g/mol. The van der Waals surface area contributed by atoms with Gasteiger partial charge in [-0.15, -0.1) is 0 Å². The normalized spacial score (nSPS) is 11.1. The van der Waals surface area contributed by atoms with Gasteiger partial charge in [0.1, 0.15) is 0 Å². The highest BCUT2D eigenvalue weighted by atomic mass is 35.5. The van der Waals surface area contributed by atoms with Crippen molar-refractivity contribution in [3.05, 3.63) is 27.2 Å². The Morgan fingerprint density at radius 2 is 1.80 bits per heavy atom. The summed E-state index contributed by atoms with van der Waals surface area (Å²) in [6, 6.07) is 2.06. The molecule has 0 atom stereocenters. The molecule has 4 N–H and O–H groups in total. The van der Waals surface area contributed by atoms with E-state index in [9.17, 15) is 9.59 Å². The standard InChI is InChI=1S/C11H11Cl3N4O2/c1-5(17-18-11(15)20)2-10(19)16-9-4-7(13)6(12)3-8(9)14/h3-4H,2H2,1H3,(H,16,19)(H3,15,18,20). The van der Waals surface area contributed by atoms with Gasteiger partial charge in [-0.25, -0.2) is 10.2 Å². The van der Waals surface area contributed by atoms with E-state index in [1.165, 1.54) is 12.1 Å². The van der Waals surface area contributed by atoms with Crippen LogP contribution in [-0.4, -0.2) is 17.6 Å². The van der Waals surface area contributed by atoms with Crippen LogP contribution in [0.25, 0.3) is 0 Å². The fraction of sp³-hybridized carbons (Fsp3) is 0.182. The molecule has 0 aliphatic heterocycles. The zero-order chi connectivity index (χ0) is 15.3. The van der Waals surface area contributed by atoms with E-state index in [1.54, 1.807) is 6.92 Å². The van der Waals surface area contributed by atoms with Gasteiger partial charge < -0.3 is 11.1 Å². The van der Waals surface area contributed by atoms with Crippen molar-refractivity contribution in [2.75, 3.05) is 5.32 Å². The molecule has 0 aliphatic rings. The van der Waals surface area contributed by atoms with Crippen LogP contribution >= 0.6 is 34.8 Å². The summed E-state index contributed by atoms with van der Waals surface area (Å²) in [5, 5.41) is 6.99. The number of carbonyl (C=O) groups excluding carboxylic acids is 2. The van der Waals surface area contributed by atoms with E-state index in [1.807, 2.05) is 5.43 Å². The van der Waals surface area contributed by atoms with Gasteiger partial charge >= 0.3 is 6.03 Å². The van der Waals surface area contributed by atoms with Crippen molar-refractivity contribution in [1.29, 1.82) is 0 Å². The van der Waals surface area contributed by atoms with E-state index >= 15 is 0 Å². The highest BCUT2D eigenvalue weighted by Crippen LogP contribution is 2.32. The molecule has 0 fully saturated rings. The molecule has 0 spiro atoms. The highest BCUT2D eigenvalue weighted by molar-refractivity contribution is 6.44. The van der Waals surface area contributed by atoms with Gasteiger partial charge in [-0.3, -0.25) is 4.79 Å². The molecule has 20 heavy (non-hydrogen) atoms. The number of nitrogens with one attached hydrogen (secondary N) is 2. The lowest BCUT2D eigenvalue weighted by Gasteiger charge is -2.08. The number of hydrogen-bond donors (Lipinski definition) is 3. The van der Waals surface area contributed by atoms with E-state index in [2.05, 4.69) is 10.4 Å². The molecular weight excluding hydrogens is 327 g/mol. The van der Waals surface area contributed by atoms with Crippen molar-refractivity contribution in [3.63, 3.8) is 0 Å². The maximum absolute atomic E-state index is 11.7. The molecule has 0 aliphatic carbocycles. The third kappa shape index (κ3) is 5.24. The number of nitrogens with two attached hydrogens (primary N) is 1. The smallest absolute Gasteiger partial charge is 0.332 e. The number of hydrogen-bond acceptors (Lipinski definition) is 3. The molecule has 6 nitrogen and oxygen atoms in total. The van der Waals surface area contributed by atoms with Crippen LogP contribution in [0.1, 0.15) is 13.3 Å². The maximum atomic E-state index is 11.7. The Kier molecular flexibility index (Phi) is 6.06. The van der Waals surface area contributed by atoms with Crippen LogP contribution in [0.4, 0.5) is 10.5 Å². The minimum Gasteiger partial charge on any atom is -0.350 e. The predicted octanol–water partition coefficient (Wildman–Crippen LogP) is 3.02. The Labute approximate surface area is 130 Å². The first kappa shape index (κ1) is 16.6. The Morgan fingerprint density at radius 3 is 2.40 bits per heavy atom. The number of rotatable bonds is 4. The molecule has 1 rings (SSSR count). The van der Waals surface area contributed by atoms with Crippen LogP contribution in [0.5, 0.6) is 0 Å². The fourth-order valence-electron chi connectivity index (χ4n) is 1.24. The van der Waals surface area contributed by atoms with E-state index < -0.39 is 6.03 Å². The van der Waals surface area contributed by atoms with Crippen LogP contribution in [0, 0.1) is 0 Å². The lowest BCUT2D eigenvalue weighted by atomic mass is 10.2. The minimum absolute atomic E-state index is 0.0448. The summed E-state index contributed by atoms with van der Waals surface area (Å²) in [6.45, 7) is 1.56. The van der Waals surface area contributed by atoms with E-state index in [4.69, 9.17) is 40.5 Å². The third-order valence-electron chi connectivity index (χ3n) is 2.06. The van der Waals surface area contributed by atoms with Crippen molar-refractivity contribution in [3.8, 4) is 0 Å². The Balaban J connectivity index is 2.70. The molecule has 0 unspecified atom stereocenters. The first-order valence-corrected chi connectivity index (χ1v) is 6.46. The van der Waals surface area contributed by atoms with Crippen molar-refractivity contribution in [1.82, 2.24) is 5.43 Å². The molecule has 0 bridgehead atoms. The number of nitrogens with zero attached hydrogens (tertiary/aromatic N) is 1. The van der Waals surface area contributed by atoms with E-state index in [-0.39, 0.29) is 27.4 Å². The van der Waals surface area contributed by atoms with Crippen LogP contribution in [0.2, 0.25) is 15.1 Å². The lowest BCUT2D eigenvalue weighted by molar-refractivity contribution is -0.115. The van der Waals surface area contributed by atoms with Crippen molar-refractivity contribution in [2.45, 2.75) is 13.3 Å². The topological polar surface area (TPSA) is 96.6 Å². The van der Waals surface area contributed by atoms with E-state index in [0.29, 0.717) is 11.4 Å². The molecular formula is C11H11Cl3N4O2. The molecule has 0 heterocycles. The van der Waals surface area contributed by atoms with Crippen LogP contribution < -0.4 is 16.5 Å². The summed E-state index contributed by atoms with van der Waals surface area (Å²) in [6.07, 6.45) is -0.0448. The quantitative estimate of drug-likeness (QED) is 0.447. The van der Waals surface area contributed by atoms with Gasteiger partial charge in [-0.1, -0.05) is 34.8 Å². The second-order valence-electron chi connectivity index (χ2n) is 3.79. The first-order valence-electron chi connectivity index (χ1n) is 5.32. The van der Waals surface area contributed by atoms with Gasteiger partial charge in [-0.2, -0.15) is 5.10 Å². The molecule has 0 saturated heterocycles. The third-order valence-corrected chi connectivity index (χ3v) is 3.09. The summed E-state index contributed by atoms with van der Waals surface area (Å²) >= 11 is 17.5. The number of anilines is 1. The summed E-state index contributed by atoms with van der Waals surface area (Å²) in [5.41, 5.74) is 7.58. The number of carbonyl (C=O) groups is 2. The zero-order valence-electron chi connectivity index (χ0n) is 10.3. The van der Waals surface area contributed by atoms with Crippen molar-refractivity contribution >= 4 is 58.1 Å². The molecule has 1 aromatic rings.